The molecule has 0 amide bonds. The molecule has 18 heavy (non-hydrogen) atoms. The quantitative estimate of drug-likeness (QED) is 0.706. The number of hydrogen-bond donors (Lipinski definition) is 1. The Balaban J connectivity index is 1.92. The maximum Gasteiger partial charge on any atom is 0.139 e. The van der Waals surface area contributed by atoms with Crippen molar-refractivity contribution in [3.8, 4) is 0 Å². The summed E-state index contributed by atoms with van der Waals surface area (Å²) in [4.78, 5) is 14.3. The number of aromatic amines is 1. The van der Waals surface area contributed by atoms with Crippen LogP contribution in [-0.4, -0.2) is 21.5 Å². The van der Waals surface area contributed by atoms with Crippen LogP contribution in [0.3, 0.4) is 0 Å². The van der Waals surface area contributed by atoms with Crippen LogP contribution in [0.5, 0.6) is 0 Å². The zero-order valence-electron chi connectivity index (χ0n) is 9.80. The van der Waals surface area contributed by atoms with Gasteiger partial charge in [0.05, 0.1) is 5.69 Å². The van der Waals surface area contributed by atoms with Crippen molar-refractivity contribution < 1.29 is 0 Å². The van der Waals surface area contributed by atoms with Crippen molar-refractivity contribution in [2.45, 2.75) is 6.42 Å². The highest BCUT2D eigenvalue weighted by atomic mass is 15.2. The summed E-state index contributed by atoms with van der Waals surface area (Å²) in [5.41, 5.74) is 3.42. The number of anilines is 2. The average molecular weight is 236 g/mol. The van der Waals surface area contributed by atoms with Crippen LogP contribution in [0.25, 0.3) is 11.0 Å². The monoisotopic (exact) mass is 236 g/mol. The summed E-state index contributed by atoms with van der Waals surface area (Å²) in [5, 5.41) is 1.15. The fourth-order valence-corrected chi connectivity index (χ4v) is 2.62. The van der Waals surface area contributed by atoms with Gasteiger partial charge in [-0.15, -0.1) is 0 Å². The van der Waals surface area contributed by atoms with E-state index in [-0.39, 0.29) is 0 Å². The van der Waals surface area contributed by atoms with Crippen LogP contribution < -0.4 is 4.90 Å². The molecule has 0 unspecified atom stereocenters. The molecule has 0 aromatic carbocycles. The minimum Gasteiger partial charge on any atom is -0.346 e. The van der Waals surface area contributed by atoms with Crippen LogP contribution in [0.4, 0.5) is 11.5 Å². The maximum absolute atomic E-state index is 4.50. The molecule has 0 atom stereocenters. The second-order valence-electron chi connectivity index (χ2n) is 4.46. The van der Waals surface area contributed by atoms with Crippen molar-refractivity contribution in [1.82, 2.24) is 15.0 Å². The Bertz CT molecular complexity index is 716. The Morgan fingerprint density at radius 3 is 3.11 bits per heavy atom. The molecule has 88 valence electrons. The zero-order chi connectivity index (χ0) is 11.9. The molecule has 1 N–H and O–H groups in total. The predicted molar refractivity (Wildman–Crippen MR) is 71.0 cm³/mol. The lowest BCUT2D eigenvalue weighted by molar-refractivity contribution is 0.993. The minimum absolute atomic E-state index is 0.928. The number of nitrogens with one attached hydrogen (secondary N) is 1. The van der Waals surface area contributed by atoms with E-state index >= 15 is 0 Å². The second kappa shape index (κ2) is 3.57. The van der Waals surface area contributed by atoms with Crippen LogP contribution in [0.2, 0.25) is 0 Å². The third kappa shape index (κ3) is 1.26. The molecule has 0 fully saturated rings. The highest BCUT2D eigenvalue weighted by Crippen LogP contribution is 2.35. The van der Waals surface area contributed by atoms with E-state index in [1.807, 2.05) is 24.7 Å². The van der Waals surface area contributed by atoms with Crippen molar-refractivity contribution in [1.29, 1.82) is 0 Å². The molecular weight excluding hydrogens is 224 g/mol. The number of nitrogens with zero attached hydrogens (tertiary/aromatic N) is 3. The lowest BCUT2D eigenvalue weighted by Gasteiger charge is -2.18. The van der Waals surface area contributed by atoms with E-state index < -0.39 is 0 Å². The number of aromatic nitrogens is 3. The molecule has 0 aliphatic carbocycles. The summed E-state index contributed by atoms with van der Waals surface area (Å²) >= 11 is 0. The van der Waals surface area contributed by atoms with Gasteiger partial charge in [-0.25, -0.2) is 9.97 Å². The summed E-state index contributed by atoms with van der Waals surface area (Å²) in [6.07, 6.45) is 6.68. The Hall–Kier alpha value is -2.36. The first-order valence-electron chi connectivity index (χ1n) is 6.07. The highest BCUT2D eigenvalue weighted by Gasteiger charge is 2.22. The van der Waals surface area contributed by atoms with E-state index in [2.05, 4.69) is 38.1 Å². The third-order valence-electron chi connectivity index (χ3n) is 3.46. The van der Waals surface area contributed by atoms with Gasteiger partial charge in [-0.3, -0.25) is 0 Å². The van der Waals surface area contributed by atoms with Gasteiger partial charge in [0.2, 0.25) is 0 Å². The first-order chi connectivity index (χ1) is 8.93. The van der Waals surface area contributed by atoms with E-state index in [1.54, 1.807) is 0 Å². The number of hydrogen-bond acceptors (Lipinski definition) is 3. The fourth-order valence-electron chi connectivity index (χ4n) is 2.62. The lowest BCUT2D eigenvalue weighted by Crippen LogP contribution is -2.14. The lowest BCUT2D eigenvalue weighted by atomic mass is 10.2. The zero-order valence-corrected chi connectivity index (χ0v) is 9.80. The minimum atomic E-state index is 0.928. The molecule has 0 radical (unpaired) electrons. The SMILES string of the molecule is c1cnc2c(c1)CCN2c1ccnc2[nH]ccc12. The summed E-state index contributed by atoms with van der Waals surface area (Å²) in [6, 6.07) is 8.27. The van der Waals surface area contributed by atoms with Gasteiger partial charge in [0.15, 0.2) is 0 Å². The summed E-state index contributed by atoms with van der Waals surface area (Å²) in [6.45, 7) is 0.983. The van der Waals surface area contributed by atoms with Gasteiger partial charge >= 0.3 is 0 Å². The Labute approximate surface area is 104 Å². The molecule has 3 aromatic heterocycles. The van der Waals surface area contributed by atoms with E-state index in [0.717, 1.165) is 29.8 Å². The van der Waals surface area contributed by atoms with Crippen molar-refractivity contribution >= 4 is 22.5 Å². The molecular formula is C14H12N4. The fraction of sp³-hybridized carbons (Fsp3) is 0.143. The van der Waals surface area contributed by atoms with Crippen LogP contribution in [0, 0.1) is 0 Å². The molecule has 4 nitrogen and oxygen atoms in total. The standard InChI is InChI=1S/C14H12N4/c1-2-10-5-9-18(14(10)17-6-1)12-4-8-16-13-11(12)3-7-15-13/h1-4,6-8H,5,9H2,(H,15,16). The van der Waals surface area contributed by atoms with Crippen LogP contribution >= 0.6 is 0 Å². The smallest absolute Gasteiger partial charge is 0.139 e. The van der Waals surface area contributed by atoms with E-state index in [9.17, 15) is 0 Å². The normalized spacial score (nSPS) is 14.1. The molecule has 4 rings (SSSR count). The van der Waals surface area contributed by atoms with E-state index in [1.165, 1.54) is 11.3 Å². The van der Waals surface area contributed by atoms with Crippen LogP contribution in [0.15, 0.2) is 42.9 Å². The van der Waals surface area contributed by atoms with Gasteiger partial charge in [-0.2, -0.15) is 0 Å². The van der Waals surface area contributed by atoms with Crippen LogP contribution in [-0.2, 0) is 6.42 Å². The molecule has 0 bridgehead atoms. The van der Waals surface area contributed by atoms with Crippen molar-refractivity contribution in [2.75, 3.05) is 11.4 Å². The van der Waals surface area contributed by atoms with Gasteiger partial charge < -0.3 is 9.88 Å². The van der Waals surface area contributed by atoms with Gasteiger partial charge in [-0.1, -0.05) is 6.07 Å². The molecule has 3 aromatic rings. The molecule has 4 heterocycles. The Kier molecular flexibility index (Phi) is 1.91. The van der Waals surface area contributed by atoms with Crippen LogP contribution in [0.1, 0.15) is 5.56 Å². The predicted octanol–water partition coefficient (Wildman–Crippen LogP) is 2.65. The van der Waals surface area contributed by atoms with Crippen molar-refractivity contribution in [3.05, 3.63) is 48.4 Å². The molecule has 0 saturated carbocycles. The maximum atomic E-state index is 4.50. The van der Waals surface area contributed by atoms with Crippen molar-refractivity contribution in [2.24, 2.45) is 0 Å². The summed E-state index contributed by atoms with van der Waals surface area (Å²) < 4.78 is 0. The van der Waals surface area contributed by atoms with Gasteiger partial charge in [0, 0.05) is 30.5 Å². The van der Waals surface area contributed by atoms with E-state index in [0.29, 0.717) is 0 Å². The van der Waals surface area contributed by atoms with Gasteiger partial charge in [-0.05, 0) is 30.2 Å². The molecule has 0 saturated heterocycles. The number of pyridine rings is 2. The second-order valence-corrected chi connectivity index (χ2v) is 4.46. The molecule has 1 aliphatic rings. The topological polar surface area (TPSA) is 44.8 Å². The summed E-state index contributed by atoms with van der Waals surface area (Å²) in [7, 11) is 0. The number of fused-ring (bicyclic) bond motifs is 2. The first-order valence-corrected chi connectivity index (χ1v) is 6.07. The Morgan fingerprint density at radius 1 is 1.11 bits per heavy atom. The van der Waals surface area contributed by atoms with Gasteiger partial charge in [0.1, 0.15) is 11.5 Å². The molecule has 0 spiro atoms. The first kappa shape index (κ1) is 9.65. The number of rotatable bonds is 1. The van der Waals surface area contributed by atoms with Crippen molar-refractivity contribution in [3.63, 3.8) is 0 Å². The Morgan fingerprint density at radius 2 is 2.11 bits per heavy atom. The molecule has 4 heteroatoms. The van der Waals surface area contributed by atoms with Gasteiger partial charge in [0.25, 0.3) is 0 Å². The third-order valence-corrected chi connectivity index (χ3v) is 3.46. The molecule has 1 aliphatic heterocycles. The summed E-state index contributed by atoms with van der Waals surface area (Å²) in [5.74, 6) is 1.08. The highest BCUT2D eigenvalue weighted by molar-refractivity contribution is 5.92. The van der Waals surface area contributed by atoms with E-state index in [4.69, 9.17) is 0 Å². The number of H-pyrrole nitrogens is 1. The average Bonchev–Trinajstić information content (AvgIpc) is 3.05. The largest absolute Gasteiger partial charge is 0.346 e.